The number of phenols is 2. The fourth-order valence-corrected chi connectivity index (χ4v) is 11.8. The summed E-state index contributed by atoms with van der Waals surface area (Å²) >= 11 is 0. The maximum absolute atomic E-state index is 13.4. The van der Waals surface area contributed by atoms with E-state index in [-0.39, 0.29) is 90.2 Å². The zero-order valence-electron chi connectivity index (χ0n) is 41.0. The monoisotopic (exact) mass is 1010 g/mol. The number of anilines is 3. The summed E-state index contributed by atoms with van der Waals surface area (Å²) in [7, 11) is 0. The van der Waals surface area contributed by atoms with Gasteiger partial charge in [0.05, 0.1) is 50.6 Å². The van der Waals surface area contributed by atoms with Gasteiger partial charge in [0.25, 0.3) is 5.91 Å². The number of ether oxygens (including phenoxy) is 2. The average molecular weight is 1010 g/mol. The van der Waals surface area contributed by atoms with Crippen LogP contribution in [0.2, 0.25) is 0 Å². The molecule has 9 aromatic carbocycles. The summed E-state index contributed by atoms with van der Waals surface area (Å²) in [6, 6.07) is 50.4. The highest BCUT2D eigenvalue weighted by atomic mass is 16.5. The molecule has 0 saturated heterocycles. The first kappa shape index (κ1) is 46.6. The van der Waals surface area contributed by atoms with Crippen LogP contribution in [0.1, 0.15) is 123 Å². The molecule has 0 radical (unpaired) electrons. The van der Waals surface area contributed by atoms with E-state index in [0.29, 0.717) is 11.5 Å². The molecular formula is C64H44N4O9. The zero-order chi connectivity index (χ0) is 52.9. The van der Waals surface area contributed by atoms with E-state index < -0.39 is 23.1 Å². The molecule has 13 heteroatoms. The molecule has 77 heavy (non-hydrogen) atoms. The summed E-state index contributed by atoms with van der Waals surface area (Å²) < 4.78 is 12.3. The third kappa shape index (κ3) is 7.22. The van der Waals surface area contributed by atoms with Crippen LogP contribution in [0.15, 0.2) is 175 Å². The Bertz CT molecular complexity index is 3930. The van der Waals surface area contributed by atoms with Gasteiger partial charge in [-0.05, 0) is 71.8 Å². The Morgan fingerprint density at radius 1 is 0.468 bits per heavy atom. The van der Waals surface area contributed by atoms with Crippen molar-refractivity contribution in [3.05, 3.63) is 237 Å². The normalized spacial score (nSPS) is 15.2. The predicted molar refractivity (Wildman–Crippen MR) is 292 cm³/mol. The predicted octanol–water partition coefficient (Wildman–Crippen LogP) is 12.5. The lowest BCUT2D eigenvalue weighted by atomic mass is 9.65. The first-order chi connectivity index (χ1) is 37.4. The topological polar surface area (TPSA) is 212 Å². The maximum Gasteiger partial charge on any atom is 0.264 e. The average Bonchev–Trinajstić information content (AvgIpc) is 3.76. The van der Waals surface area contributed by atoms with Crippen molar-refractivity contribution >= 4 is 68.4 Å². The minimum Gasteiger partial charge on any atom is -0.507 e. The second-order valence-corrected chi connectivity index (χ2v) is 19.7. The van der Waals surface area contributed by atoms with Crippen LogP contribution in [0, 0.1) is 0 Å². The van der Waals surface area contributed by atoms with E-state index >= 15 is 0 Å². The number of rotatable bonds is 6. The summed E-state index contributed by atoms with van der Waals surface area (Å²) in [6.45, 7) is 0. The van der Waals surface area contributed by atoms with E-state index in [2.05, 4.69) is 12.1 Å². The molecule has 13 nitrogen and oxygen atoms in total. The van der Waals surface area contributed by atoms with Gasteiger partial charge in [0.15, 0.2) is 34.6 Å². The van der Waals surface area contributed by atoms with Gasteiger partial charge < -0.3 is 31.2 Å². The molecule has 1 saturated carbocycles. The van der Waals surface area contributed by atoms with Crippen molar-refractivity contribution in [2.75, 3.05) is 16.4 Å². The van der Waals surface area contributed by atoms with Crippen LogP contribution in [0.3, 0.4) is 0 Å². The number of phenolic OH excluding ortho intramolecular Hbond substituents is 2. The van der Waals surface area contributed by atoms with Crippen molar-refractivity contribution in [1.29, 1.82) is 0 Å². The Hall–Kier alpha value is -10.1. The second-order valence-electron chi connectivity index (χ2n) is 19.7. The first-order valence-corrected chi connectivity index (χ1v) is 25.2. The molecule has 0 aromatic heterocycles. The highest BCUT2D eigenvalue weighted by molar-refractivity contribution is 6.40. The van der Waals surface area contributed by atoms with Gasteiger partial charge in [-0.2, -0.15) is 0 Å². The SMILES string of the molecule is Nc1c(Oc2ccc(C3(c4ccc(Oc5cc(O)c6c(c5N)C(=O)c5ccccc5C6=O)cc4)CCCCC3)cc2)cc(O)c2c1C(=O)c1ccccc1C2=O.O=C1c2ccccc2C2=Nc3cccc4cccc(c34)N12. The quantitative estimate of drug-likeness (QED) is 0.0909. The molecule has 5 aliphatic rings. The Balaban J connectivity index is 0.000000222. The Kier molecular flexibility index (Phi) is 10.8. The third-order valence-corrected chi connectivity index (χ3v) is 15.5. The van der Waals surface area contributed by atoms with E-state index in [1.807, 2.05) is 97.1 Å². The molecule has 9 aromatic rings. The van der Waals surface area contributed by atoms with Crippen LogP contribution in [-0.2, 0) is 5.41 Å². The number of carbonyl (C=O) groups is 5. The highest BCUT2D eigenvalue weighted by Crippen LogP contribution is 2.49. The van der Waals surface area contributed by atoms with E-state index in [9.17, 15) is 34.2 Å². The van der Waals surface area contributed by atoms with Crippen LogP contribution in [0.25, 0.3) is 10.8 Å². The molecule has 0 spiro atoms. The van der Waals surface area contributed by atoms with Gasteiger partial charge in [-0.25, -0.2) is 4.99 Å². The Morgan fingerprint density at radius 3 is 1.38 bits per heavy atom. The van der Waals surface area contributed by atoms with Crippen molar-refractivity contribution in [3.63, 3.8) is 0 Å². The van der Waals surface area contributed by atoms with Crippen LogP contribution in [-0.4, -0.2) is 45.1 Å². The smallest absolute Gasteiger partial charge is 0.264 e. The van der Waals surface area contributed by atoms with Crippen molar-refractivity contribution < 1.29 is 43.7 Å². The number of nitrogen functional groups attached to an aromatic ring is 2. The Morgan fingerprint density at radius 2 is 0.896 bits per heavy atom. The lowest BCUT2D eigenvalue weighted by molar-refractivity contribution is 0.0977. The van der Waals surface area contributed by atoms with Crippen molar-refractivity contribution in [2.45, 2.75) is 37.5 Å². The summed E-state index contributed by atoms with van der Waals surface area (Å²) in [5.74, 6) is -0.914. The number of amidine groups is 1. The number of hydrogen-bond donors (Lipinski definition) is 4. The summed E-state index contributed by atoms with van der Waals surface area (Å²) in [5, 5.41) is 23.9. The number of amides is 1. The lowest BCUT2D eigenvalue weighted by Gasteiger charge is -2.38. The molecule has 1 fully saturated rings. The molecule has 3 aliphatic carbocycles. The highest BCUT2D eigenvalue weighted by Gasteiger charge is 2.40. The van der Waals surface area contributed by atoms with Gasteiger partial charge in [-0.3, -0.25) is 28.9 Å². The number of nitrogens with zero attached hydrogens (tertiary/aromatic N) is 2. The molecule has 1 amide bonds. The van der Waals surface area contributed by atoms with Gasteiger partial charge in [-0.1, -0.05) is 135 Å². The van der Waals surface area contributed by atoms with Crippen LogP contribution in [0.4, 0.5) is 22.7 Å². The van der Waals surface area contributed by atoms with Crippen molar-refractivity contribution in [1.82, 2.24) is 0 Å². The third-order valence-electron chi connectivity index (χ3n) is 15.5. The lowest BCUT2D eigenvalue weighted by Crippen LogP contribution is -2.31. The summed E-state index contributed by atoms with van der Waals surface area (Å²) in [5.41, 5.74) is 18.6. The first-order valence-electron chi connectivity index (χ1n) is 25.2. The molecule has 0 unspecified atom stereocenters. The van der Waals surface area contributed by atoms with E-state index in [1.54, 1.807) is 53.4 Å². The molecule has 0 atom stereocenters. The van der Waals surface area contributed by atoms with E-state index in [4.69, 9.17) is 25.9 Å². The standard InChI is InChI=1S/C46H34N2O8.C18H10N2O/c47-40-34(22-32(49)36-38(40)44(53)30-10-4-2-8-28(30)42(36)51)55-26-16-12-24(13-17-26)46(20-6-1-7-21-46)25-14-18-27(19-15-25)56-35-23-33(50)37-39(41(35)48)45(54)31-11-5-3-9-29(31)43(37)52;21-18-13-8-2-1-7-12(13)17-19-14-9-3-5-11-6-4-10-15(16(11)14)20(17)18/h2-5,8-19,22-23,49-50H,1,6-7,20-21,47-48H2;1-10H. The molecule has 6 N–H and O–H groups in total. The summed E-state index contributed by atoms with van der Waals surface area (Å²) in [6.07, 6.45) is 4.97. The number of hydrogen-bond acceptors (Lipinski definition) is 12. The second kappa shape index (κ2) is 17.8. The number of ketones is 4. The maximum atomic E-state index is 13.4. The minimum absolute atomic E-state index is 0.00588. The van der Waals surface area contributed by atoms with Gasteiger partial charge in [0, 0.05) is 50.8 Å². The van der Waals surface area contributed by atoms with Crippen LogP contribution < -0.4 is 25.8 Å². The molecular weight excluding hydrogens is 969 g/mol. The van der Waals surface area contributed by atoms with Crippen molar-refractivity contribution in [2.24, 2.45) is 4.99 Å². The number of aliphatic imine (C=N–C) groups is 1. The number of nitrogens with two attached hydrogens (primary N) is 2. The van der Waals surface area contributed by atoms with Gasteiger partial charge in [0.1, 0.15) is 28.8 Å². The number of aromatic hydroxyl groups is 2. The van der Waals surface area contributed by atoms with Gasteiger partial charge in [-0.15, -0.1) is 0 Å². The van der Waals surface area contributed by atoms with Crippen LogP contribution >= 0.6 is 0 Å². The fourth-order valence-electron chi connectivity index (χ4n) is 11.8. The minimum atomic E-state index is -0.477. The number of benzene rings is 9. The molecule has 2 heterocycles. The van der Waals surface area contributed by atoms with E-state index in [1.165, 1.54) is 12.1 Å². The molecule has 374 valence electrons. The van der Waals surface area contributed by atoms with Gasteiger partial charge >= 0.3 is 0 Å². The summed E-state index contributed by atoms with van der Waals surface area (Å²) in [4.78, 5) is 72.5. The van der Waals surface area contributed by atoms with Gasteiger partial charge in [0.2, 0.25) is 0 Å². The molecule has 0 bridgehead atoms. The zero-order valence-corrected chi connectivity index (χ0v) is 41.0. The molecule has 14 rings (SSSR count). The largest absolute Gasteiger partial charge is 0.507 e. The fraction of sp³-hybridized carbons (Fsp3) is 0.0938. The van der Waals surface area contributed by atoms with Crippen LogP contribution in [0.5, 0.6) is 34.5 Å². The number of fused-ring (bicyclic) bond motifs is 8. The van der Waals surface area contributed by atoms with Crippen molar-refractivity contribution in [3.8, 4) is 34.5 Å². The number of carbonyl (C=O) groups excluding carboxylic acids is 5. The molecule has 2 aliphatic heterocycles. The van der Waals surface area contributed by atoms with E-state index in [0.717, 1.165) is 82.3 Å². The Labute approximate surface area is 440 Å².